The summed E-state index contributed by atoms with van der Waals surface area (Å²) in [4.78, 5) is 33.2. The number of carbonyl (C=O) groups excluding carboxylic acids is 2. The summed E-state index contributed by atoms with van der Waals surface area (Å²) in [7, 11) is 0. The van der Waals surface area contributed by atoms with Crippen LogP contribution in [0.15, 0.2) is 0 Å². The summed E-state index contributed by atoms with van der Waals surface area (Å²) >= 11 is 0. The Kier molecular flexibility index (Phi) is 5.32. The minimum absolute atomic E-state index is 0.0275. The molecule has 0 saturated carbocycles. The van der Waals surface area contributed by atoms with Crippen molar-refractivity contribution in [2.24, 2.45) is 5.41 Å². The van der Waals surface area contributed by atoms with Gasteiger partial charge in [-0.05, 0) is 20.8 Å². The van der Waals surface area contributed by atoms with Gasteiger partial charge in [-0.3, -0.25) is 0 Å². The molecule has 0 aliphatic heterocycles. The molecule has 104 valence electrons. The first-order valence-corrected chi connectivity index (χ1v) is 5.65. The van der Waals surface area contributed by atoms with Crippen LogP contribution in [0.4, 0.5) is 4.79 Å². The highest BCUT2D eigenvalue weighted by Gasteiger charge is 2.37. The van der Waals surface area contributed by atoms with Crippen LogP contribution in [-0.2, 0) is 14.3 Å². The van der Waals surface area contributed by atoms with E-state index in [1.807, 2.05) is 0 Å². The number of alkyl carbamates (subject to hydrolysis) is 1. The molecule has 0 aliphatic rings. The minimum atomic E-state index is -1.20. The Labute approximate surface area is 107 Å². The van der Waals surface area contributed by atoms with Crippen molar-refractivity contribution in [3.05, 3.63) is 0 Å². The van der Waals surface area contributed by atoms with Crippen LogP contribution in [-0.4, -0.2) is 35.1 Å². The van der Waals surface area contributed by atoms with E-state index in [1.54, 1.807) is 34.6 Å². The molecular formula is C12H21NO5. The van der Waals surface area contributed by atoms with Crippen molar-refractivity contribution >= 4 is 18.3 Å². The summed E-state index contributed by atoms with van der Waals surface area (Å²) in [6.45, 7) is 8.23. The zero-order valence-electron chi connectivity index (χ0n) is 11.4. The van der Waals surface area contributed by atoms with E-state index in [4.69, 9.17) is 9.84 Å². The van der Waals surface area contributed by atoms with Crippen molar-refractivity contribution in [1.29, 1.82) is 0 Å². The summed E-state index contributed by atoms with van der Waals surface area (Å²) in [5.41, 5.74) is -1.59. The Morgan fingerprint density at radius 3 is 2.11 bits per heavy atom. The largest absolute Gasteiger partial charge is 0.480 e. The fourth-order valence-electron chi connectivity index (χ4n) is 1.35. The molecule has 0 fully saturated rings. The van der Waals surface area contributed by atoms with E-state index < -0.39 is 29.1 Å². The van der Waals surface area contributed by atoms with Crippen LogP contribution in [0.2, 0.25) is 0 Å². The fraction of sp³-hybridized carbons (Fsp3) is 0.750. The number of hydrogen-bond acceptors (Lipinski definition) is 4. The SMILES string of the molecule is CC(C)(C)OC(=O)NC(C(=O)O)C(C)(C)CC=O. The number of aliphatic carboxylic acids is 1. The van der Waals surface area contributed by atoms with Crippen molar-refractivity contribution < 1.29 is 24.2 Å². The molecule has 1 amide bonds. The molecule has 2 N–H and O–H groups in total. The van der Waals surface area contributed by atoms with Crippen LogP contribution in [0.25, 0.3) is 0 Å². The number of hydrogen-bond donors (Lipinski definition) is 2. The van der Waals surface area contributed by atoms with Gasteiger partial charge in [0.15, 0.2) is 0 Å². The van der Waals surface area contributed by atoms with Gasteiger partial charge >= 0.3 is 12.1 Å². The highest BCUT2D eigenvalue weighted by molar-refractivity contribution is 5.81. The molecule has 0 heterocycles. The summed E-state index contributed by atoms with van der Waals surface area (Å²) in [6, 6.07) is -1.18. The van der Waals surface area contributed by atoms with Gasteiger partial charge in [-0.15, -0.1) is 0 Å². The summed E-state index contributed by atoms with van der Waals surface area (Å²) in [6.07, 6.45) is -0.152. The lowest BCUT2D eigenvalue weighted by molar-refractivity contribution is -0.142. The number of aldehydes is 1. The lowest BCUT2D eigenvalue weighted by atomic mass is 9.81. The molecule has 0 aliphatic carbocycles. The average Bonchev–Trinajstić information content (AvgIpc) is 2.10. The Morgan fingerprint density at radius 1 is 1.28 bits per heavy atom. The third-order valence-electron chi connectivity index (χ3n) is 2.30. The second-order valence-corrected chi connectivity index (χ2v) is 5.78. The Bertz CT molecular complexity index is 330. The molecular weight excluding hydrogens is 238 g/mol. The number of carboxylic acids is 1. The van der Waals surface area contributed by atoms with Crippen LogP contribution in [0.3, 0.4) is 0 Å². The van der Waals surface area contributed by atoms with Gasteiger partial charge in [-0.25, -0.2) is 9.59 Å². The molecule has 0 aromatic carbocycles. The second kappa shape index (κ2) is 5.84. The monoisotopic (exact) mass is 259 g/mol. The smallest absolute Gasteiger partial charge is 0.408 e. The molecule has 6 heteroatoms. The molecule has 1 atom stereocenters. The second-order valence-electron chi connectivity index (χ2n) is 5.78. The number of carboxylic acid groups (broad SMARTS) is 1. The van der Waals surface area contributed by atoms with Gasteiger partial charge in [-0.1, -0.05) is 13.8 Å². The third kappa shape index (κ3) is 5.65. The standard InChI is InChI=1S/C12H21NO5/c1-11(2,3)18-10(17)13-8(9(15)16)12(4,5)6-7-14/h7-8H,6H2,1-5H3,(H,13,17)(H,15,16). The van der Waals surface area contributed by atoms with Crippen molar-refractivity contribution in [3.8, 4) is 0 Å². The molecule has 0 saturated heterocycles. The van der Waals surface area contributed by atoms with Crippen LogP contribution in [0.1, 0.15) is 41.0 Å². The van der Waals surface area contributed by atoms with Gasteiger partial charge in [0.2, 0.25) is 0 Å². The van der Waals surface area contributed by atoms with Gasteiger partial charge in [0.1, 0.15) is 17.9 Å². The quantitative estimate of drug-likeness (QED) is 0.731. The minimum Gasteiger partial charge on any atom is -0.480 e. The maximum Gasteiger partial charge on any atom is 0.408 e. The van der Waals surface area contributed by atoms with Crippen LogP contribution in [0.5, 0.6) is 0 Å². The van der Waals surface area contributed by atoms with E-state index in [-0.39, 0.29) is 6.42 Å². The van der Waals surface area contributed by atoms with Crippen molar-refractivity contribution in [2.45, 2.75) is 52.7 Å². The van der Waals surface area contributed by atoms with Gasteiger partial charge in [0, 0.05) is 11.8 Å². The van der Waals surface area contributed by atoms with Gasteiger partial charge in [0.05, 0.1) is 0 Å². The molecule has 0 rings (SSSR count). The average molecular weight is 259 g/mol. The number of ether oxygens (including phenoxy) is 1. The summed E-state index contributed by atoms with van der Waals surface area (Å²) in [5.74, 6) is -1.20. The highest BCUT2D eigenvalue weighted by Crippen LogP contribution is 2.24. The molecule has 1 unspecified atom stereocenters. The first kappa shape index (κ1) is 16.4. The van der Waals surface area contributed by atoms with E-state index in [2.05, 4.69) is 5.32 Å². The first-order valence-electron chi connectivity index (χ1n) is 5.65. The number of nitrogens with one attached hydrogen (secondary N) is 1. The van der Waals surface area contributed by atoms with E-state index in [1.165, 1.54) is 0 Å². The Morgan fingerprint density at radius 2 is 1.78 bits per heavy atom. The molecule has 0 radical (unpaired) electrons. The summed E-state index contributed by atoms with van der Waals surface area (Å²) < 4.78 is 4.99. The molecule has 0 spiro atoms. The van der Waals surface area contributed by atoms with Crippen molar-refractivity contribution in [2.75, 3.05) is 0 Å². The number of amides is 1. The molecule has 18 heavy (non-hydrogen) atoms. The fourth-order valence-corrected chi connectivity index (χ4v) is 1.35. The van der Waals surface area contributed by atoms with Gasteiger partial charge in [0.25, 0.3) is 0 Å². The Balaban J connectivity index is 4.80. The summed E-state index contributed by atoms with van der Waals surface area (Å²) in [5, 5.41) is 11.4. The van der Waals surface area contributed by atoms with Crippen molar-refractivity contribution in [1.82, 2.24) is 5.32 Å². The Hall–Kier alpha value is -1.59. The lowest BCUT2D eigenvalue weighted by Crippen LogP contribution is -2.51. The first-order chi connectivity index (χ1) is 7.99. The van der Waals surface area contributed by atoms with Crippen molar-refractivity contribution in [3.63, 3.8) is 0 Å². The molecule has 0 aromatic heterocycles. The topological polar surface area (TPSA) is 92.7 Å². The molecule has 0 aromatic rings. The zero-order chi connectivity index (χ0) is 14.6. The van der Waals surface area contributed by atoms with Gasteiger partial charge in [-0.2, -0.15) is 0 Å². The van der Waals surface area contributed by atoms with E-state index >= 15 is 0 Å². The van der Waals surface area contributed by atoms with Crippen LogP contribution < -0.4 is 5.32 Å². The maximum atomic E-state index is 11.5. The van der Waals surface area contributed by atoms with Crippen LogP contribution >= 0.6 is 0 Å². The predicted octanol–water partition coefficient (Wildman–Crippen LogP) is 1.58. The van der Waals surface area contributed by atoms with E-state index in [0.717, 1.165) is 0 Å². The van der Waals surface area contributed by atoms with E-state index in [0.29, 0.717) is 6.29 Å². The molecule has 0 bridgehead atoms. The number of rotatable bonds is 5. The highest BCUT2D eigenvalue weighted by atomic mass is 16.6. The maximum absolute atomic E-state index is 11.5. The molecule has 6 nitrogen and oxygen atoms in total. The lowest BCUT2D eigenvalue weighted by Gasteiger charge is -2.31. The van der Waals surface area contributed by atoms with Gasteiger partial charge < -0.3 is 20.0 Å². The van der Waals surface area contributed by atoms with E-state index in [9.17, 15) is 14.4 Å². The third-order valence-corrected chi connectivity index (χ3v) is 2.30. The predicted molar refractivity (Wildman–Crippen MR) is 65.3 cm³/mol. The van der Waals surface area contributed by atoms with Crippen LogP contribution in [0, 0.1) is 5.41 Å². The zero-order valence-corrected chi connectivity index (χ0v) is 11.4. The normalized spacial score (nSPS) is 13.6. The number of carbonyl (C=O) groups is 3.